The van der Waals surface area contributed by atoms with Crippen LogP contribution in [-0.2, 0) is 5.88 Å². The highest BCUT2D eigenvalue weighted by Crippen LogP contribution is 2.16. The molecule has 0 radical (unpaired) electrons. The lowest BCUT2D eigenvalue weighted by atomic mass is 10.4. The second-order valence-electron chi connectivity index (χ2n) is 3.08. The van der Waals surface area contributed by atoms with Crippen LogP contribution in [0.1, 0.15) is 0 Å². The molecule has 1 nitrogen and oxygen atoms in total. The Labute approximate surface area is 92.6 Å². The largest absolute Gasteiger partial charge is 0.360 e. The summed E-state index contributed by atoms with van der Waals surface area (Å²) in [5.41, 5.74) is 0. The zero-order valence-electron chi connectivity index (χ0n) is 8.14. The van der Waals surface area contributed by atoms with Crippen molar-refractivity contribution in [2.75, 3.05) is 0 Å². The zero-order valence-corrected chi connectivity index (χ0v) is 8.95. The van der Waals surface area contributed by atoms with Gasteiger partial charge in [-0.3, -0.25) is 0 Å². The van der Waals surface area contributed by atoms with E-state index in [4.69, 9.17) is 0 Å². The quantitative estimate of drug-likeness (QED) is 0.437. The van der Waals surface area contributed by atoms with Crippen LogP contribution < -0.4 is 4.57 Å². The van der Waals surface area contributed by atoms with E-state index in [-0.39, 0.29) is 5.95 Å². The molecule has 0 saturated carbocycles. The second kappa shape index (κ2) is 4.94. The molecular formula is C12H11FNS+. The van der Waals surface area contributed by atoms with E-state index in [1.54, 1.807) is 28.6 Å². The number of thioether (sulfide) groups is 1. The van der Waals surface area contributed by atoms with Gasteiger partial charge in [-0.1, -0.05) is 30.0 Å². The van der Waals surface area contributed by atoms with E-state index in [1.165, 1.54) is 6.07 Å². The van der Waals surface area contributed by atoms with Crippen LogP contribution in [0, 0.1) is 5.95 Å². The maximum Gasteiger partial charge on any atom is 0.360 e. The molecule has 0 aliphatic rings. The lowest BCUT2D eigenvalue weighted by Crippen LogP contribution is -2.35. The van der Waals surface area contributed by atoms with Gasteiger partial charge in [0.05, 0.1) is 0 Å². The molecule has 2 rings (SSSR count). The Morgan fingerprint density at radius 1 is 1.00 bits per heavy atom. The Balaban J connectivity index is 2.03. The van der Waals surface area contributed by atoms with E-state index in [2.05, 4.69) is 0 Å². The predicted octanol–water partition coefficient (Wildman–Crippen LogP) is 2.86. The molecular weight excluding hydrogens is 209 g/mol. The van der Waals surface area contributed by atoms with Crippen molar-refractivity contribution in [2.45, 2.75) is 10.8 Å². The van der Waals surface area contributed by atoms with Crippen molar-refractivity contribution in [3.63, 3.8) is 0 Å². The molecule has 0 aliphatic heterocycles. The molecule has 0 bridgehead atoms. The van der Waals surface area contributed by atoms with Gasteiger partial charge in [-0.2, -0.15) is 4.57 Å². The van der Waals surface area contributed by atoms with Crippen LogP contribution in [0.25, 0.3) is 0 Å². The molecule has 0 unspecified atom stereocenters. The van der Waals surface area contributed by atoms with Crippen LogP contribution in [0.3, 0.4) is 0 Å². The molecule has 0 N–H and O–H groups in total. The first-order chi connectivity index (χ1) is 7.36. The molecule has 3 heteroatoms. The maximum atomic E-state index is 13.2. The normalized spacial score (nSPS) is 10.2. The average molecular weight is 220 g/mol. The van der Waals surface area contributed by atoms with Gasteiger partial charge in [-0.25, -0.2) is 0 Å². The lowest BCUT2D eigenvalue weighted by molar-refractivity contribution is -0.704. The van der Waals surface area contributed by atoms with Gasteiger partial charge in [-0.05, 0) is 18.2 Å². The number of hydrogen-bond acceptors (Lipinski definition) is 1. The average Bonchev–Trinajstić information content (AvgIpc) is 2.29. The van der Waals surface area contributed by atoms with Gasteiger partial charge < -0.3 is 0 Å². The summed E-state index contributed by atoms with van der Waals surface area (Å²) in [4.78, 5) is 1.15. The summed E-state index contributed by atoms with van der Waals surface area (Å²) in [6.45, 7) is 0. The molecule has 0 amide bonds. The lowest BCUT2D eigenvalue weighted by Gasteiger charge is -1.98. The van der Waals surface area contributed by atoms with Crippen LogP contribution in [0.5, 0.6) is 0 Å². The molecule has 0 spiro atoms. The van der Waals surface area contributed by atoms with E-state index < -0.39 is 0 Å². The van der Waals surface area contributed by atoms with Crippen LogP contribution >= 0.6 is 11.8 Å². The fourth-order valence-electron chi connectivity index (χ4n) is 1.22. The summed E-state index contributed by atoms with van der Waals surface area (Å²) in [7, 11) is 0. The Hall–Kier alpha value is -1.35. The van der Waals surface area contributed by atoms with E-state index >= 15 is 0 Å². The molecule has 1 aromatic carbocycles. The summed E-state index contributed by atoms with van der Waals surface area (Å²) in [6.07, 6.45) is 1.74. The van der Waals surface area contributed by atoms with Gasteiger partial charge in [0.15, 0.2) is 6.20 Å². The first-order valence-electron chi connectivity index (χ1n) is 4.68. The third-order valence-corrected chi connectivity index (χ3v) is 3.01. The first kappa shape index (κ1) is 10.2. The number of rotatable bonds is 3. The van der Waals surface area contributed by atoms with E-state index in [0.29, 0.717) is 5.88 Å². The van der Waals surface area contributed by atoms with Crippen molar-refractivity contribution in [2.24, 2.45) is 0 Å². The Morgan fingerprint density at radius 2 is 1.73 bits per heavy atom. The van der Waals surface area contributed by atoms with Gasteiger partial charge >= 0.3 is 5.95 Å². The molecule has 15 heavy (non-hydrogen) atoms. The highest BCUT2D eigenvalue weighted by molar-refractivity contribution is 7.98. The predicted molar refractivity (Wildman–Crippen MR) is 58.9 cm³/mol. The number of hydrogen-bond donors (Lipinski definition) is 0. The van der Waals surface area contributed by atoms with E-state index in [0.717, 1.165) is 4.90 Å². The van der Waals surface area contributed by atoms with Gasteiger partial charge in [0.2, 0.25) is 5.88 Å². The van der Waals surface area contributed by atoms with Crippen LogP contribution in [-0.4, -0.2) is 0 Å². The summed E-state index contributed by atoms with van der Waals surface area (Å²) in [5, 5.41) is 0. The first-order valence-corrected chi connectivity index (χ1v) is 5.66. The van der Waals surface area contributed by atoms with Gasteiger partial charge in [0.25, 0.3) is 0 Å². The topological polar surface area (TPSA) is 3.88 Å². The smallest absolute Gasteiger partial charge is 0.164 e. The third-order valence-electron chi connectivity index (χ3n) is 2.00. The Kier molecular flexibility index (Phi) is 3.35. The molecule has 0 aliphatic carbocycles. The van der Waals surface area contributed by atoms with Crippen molar-refractivity contribution >= 4 is 11.8 Å². The fraction of sp³-hybridized carbons (Fsp3) is 0.0833. The Bertz CT molecular complexity index is 431. The SMILES string of the molecule is Fc1cccc[n+]1CSc1ccccc1. The van der Waals surface area contributed by atoms with Crippen molar-refractivity contribution in [1.29, 1.82) is 0 Å². The van der Waals surface area contributed by atoms with Gasteiger partial charge in [0, 0.05) is 17.0 Å². The summed E-state index contributed by atoms with van der Waals surface area (Å²) in [6, 6.07) is 15.0. The minimum Gasteiger partial charge on any atom is -0.164 e. The number of nitrogens with zero attached hydrogens (tertiary/aromatic N) is 1. The molecule has 2 aromatic rings. The standard InChI is InChI=1S/C12H11FNS/c13-12-8-4-5-9-14(12)10-15-11-6-2-1-3-7-11/h1-9H,10H2/q+1. The van der Waals surface area contributed by atoms with Gasteiger partial charge in [0.1, 0.15) is 0 Å². The van der Waals surface area contributed by atoms with Crippen molar-refractivity contribution in [3.8, 4) is 0 Å². The number of pyridine rings is 1. The van der Waals surface area contributed by atoms with Crippen molar-refractivity contribution < 1.29 is 8.96 Å². The summed E-state index contributed by atoms with van der Waals surface area (Å²) >= 11 is 1.61. The van der Waals surface area contributed by atoms with E-state index in [9.17, 15) is 4.39 Å². The second-order valence-corrected chi connectivity index (χ2v) is 4.10. The minimum absolute atomic E-state index is 0.207. The van der Waals surface area contributed by atoms with Crippen LogP contribution in [0.4, 0.5) is 4.39 Å². The number of aromatic nitrogens is 1. The van der Waals surface area contributed by atoms with Crippen LogP contribution in [0.15, 0.2) is 59.6 Å². The van der Waals surface area contributed by atoms with Gasteiger partial charge in [-0.15, -0.1) is 4.39 Å². The van der Waals surface area contributed by atoms with E-state index in [1.807, 2.05) is 36.4 Å². The molecule has 76 valence electrons. The minimum atomic E-state index is -0.207. The highest BCUT2D eigenvalue weighted by atomic mass is 32.2. The fourth-order valence-corrected chi connectivity index (χ4v) is 2.07. The van der Waals surface area contributed by atoms with Crippen molar-refractivity contribution in [1.82, 2.24) is 0 Å². The zero-order chi connectivity index (χ0) is 10.5. The molecule has 1 aromatic heterocycles. The van der Waals surface area contributed by atoms with Crippen molar-refractivity contribution in [3.05, 3.63) is 60.7 Å². The molecule has 0 fully saturated rings. The number of benzene rings is 1. The monoisotopic (exact) mass is 220 g/mol. The molecule has 0 saturated heterocycles. The maximum absolute atomic E-state index is 13.2. The summed E-state index contributed by atoms with van der Waals surface area (Å²) < 4.78 is 14.8. The number of halogens is 1. The Morgan fingerprint density at radius 3 is 2.47 bits per heavy atom. The summed E-state index contributed by atoms with van der Waals surface area (Å²) in [5.74, 6) is 0.386. The molecule has 0 atom stereocenters. The third kappa shape index (κ3) is 2.80. The molecule has 1 heterocycles. The highest BCUT2D eigenvalue weighted by Gasteiger charge is 2.07. The van der Waals surface area contributed by atoms with Crippen LogP contribution in [0.2, 0.25) is 0 Å².